The molecule has 0 saturated carbocycles. The van der Waals surface area contributed by atoms with Gasteiger partial charge in [-0.15, -0.1) is 0 Å². The zero-order valence-electron chi connectivity index (χ0n) is 21.4. The third-order valence-corrected chi connectivity index (χ3v) is 11.5. The molecule has 2 aromatic carbocycles. The quantitative estimate of drug-likeness (QED) is 0.118. The highest BCUT2D eigenvalue weighted by molar-refractivity contribution is 6.84. The lowest BCUT2D eigenvalue weighted by Crippen LogP contribution is -2.42. The topological polar surface area (TPSA) is 44.8 Å². The SMILES string of the molecule is CCCCc1ccc(OC(=O)c2ccc(OCCCCC[Si](C)(C)O[Si](C)(C)C)cc2)cc1. The van der Waals surface area contributed by atoms with E-state index in [1.54, 1.807) is 12.1 Å². The number of aryl methyl sites for hydroxylation is 1. The molecule has 0 unspecified atom stereocenters. The Balaban J connectivity index is 1.69. The van der Waals surface area contributed by atoms with Crippen LogP contribution < -0.4 is 9.47 Å². The van der Waals surface area contributed by atoms with Gasteiger partial charge in [0, 0.05) is 0 Å². The van der Waals surface area contributed by atoms with E-state index in [0.29, 0.717) is 17.9 Å². The second-order valence-corrected chi connectivity index (χ2v) is 19.4. The number of rotatable bonds is 14. The monoisotopic (exact) mass is 486 g/mol. The number of hydrogen-bond donors (Lipinski definition) is 0. The maximum absolute atomic E-state index is 12.4. The van der Waals surface area contributed by atoms with Crippen molar-refractivity contribution in [2.45, 2.75) is 84.2 Å². The zero-order valence-corrected chi connectivity index (χ0v) is 23.4. The fraction of sp³-hybridized carbons (Fsp3) is 0.519. The first-order valence-electron chi connectivity index (χ1n) is 12.3. The molecule has 0 N–H and O–H groups in total. The van der Waals surface area contributed by atoms with Gasteiger partial charge in [-0.2, -0.15) is 0 Å². The van der Waals surface area contributed by atoms with Crippen molar-refractivity contribution < 1.29 is 18.4 Å². The van der Waals surface area contributed by atoms with E-state index in [1.807, 2.05) is 36.4 Å². The summed E-state index contributed by atoms with van der Waals surface area (Å²) in [4.78, 5) is 12.4. The normalized spacial score (nSPS) is 11.9. The van der Waals surface area contributed by atoms with Crippen molar-refractivity contribution in [2.75, 3.05) is 6.61 Å². The number of carbonyl (C=O) groups is 1. The Morgan fingerprint density at radius 3 is 2.03 bits per heavy atom. The fourth-order valence-electron chi connectivity index (χ4n) is 3.86. The predicted molar refractivity (Wildman–Crippen MR) is 143 cm³/mol. The van der Waals surface area contributed by atoms with Gasteiger partial charge < -0.3 is 13.6 Å². The molecule has 0 saturated heterocycles. The van der Waals surface area contributed by atoms with Crippen LogP contribution in [0.15, 0.2) is 48.5 Å². The molecule has 33 heavy (non-hydrogen) atoms. The van der Waals surface area contributed by atoms with Crippen molar-refractivity contribution in [3.63, 3.8) is 0 Å². The minimum absolute atomic E-state index is 0.352. The molecule has 2 rings (SSSR count). The summed E-state index contributed by atoms with van der Waals surface area (Å²) in [5.74, 6) is 1.00. The lowest BCUT2D eigenvalue weighted by atomic mass is 10.1. The molecular weight excluding hydrogens is 444 g/mol. The summed E-state index contributed by atoms with van der Waals surface area (Å²) in [6.45, 7) is 14.3. The van der Waals surface area contributed by atoms with Gasteiger partial charge in [-0.05, 0) is 100 Å². The third-order valence-electron chi connectivity index (χ3n) is 5.32. The smallest absolute Gasteiger partial charge is 0.343 e. The Bertz CT molecular complexity index is 840. The molecule has 6 heteroatoms. The minimum Gasteiger partial charge on any atom is -0.494 e. The Morgan fingerprint density at radius 1 is 0.788 bits per heavy atom. The lowest BCUT2D eigenvalue weighted by Gasteiger charge is -2.31. The fourth-order valence-corrected chi connectivity index (χ4v) is 12.0. The van der Waals surface area contributed by atoms with Gasteiger partial charge in [0.05, 0.1) is 12.2 Å². The van der Waals surface area contributed by atoms with E-state index in [1.165, 1.54) is 30.9 Å². The molecule has 0 aliphatic heterocycles. The van der Waals surface area contributed by atoms with Crippen LogP contribution in [-0.2, 0) is 10.5 Å². The largest absolute Gasteiger partial charge is 0.494 e. The molecule has 0 spiro atoms. The van der Waals surface area contributed by atoms with Crippen LogP contribution in [0.4, 0.5) is 0 Å². The first-order valence-corrected chi connectivity index (χ1v) is 18.8. The average Bonchev–Trinajstić information content (AvgIpc) is 2.74. The molecule has 0 amide bonds. The number of benzene rings is 2. The highest BCUT2D eigenvalue weighted by Gasteiger charge is 2.28. The number of ether oxygens (including phenoxy) is 2. The summed E-state index contributed by atoms with van der Waals surface area (Å²) in [5.41, 5.74) is 1.79. The zero-order chi connectivity index (χ0) is 24.3. The van der Waals surface area contributed by atoms with Crippen molar-refractivity contribution in [2.24, 2.45) is 0 Å². The average molecular weight is 487 g/mol. The standard InChI is InChI=1S/C27H42O4Si2/c1-7-8-12-23-13-17-26(18-14-23)30-27(28)24-15-19-25(20-16-24)29-21-10-9-11-22-33(5,6)31-32(2,3)4/h13-20H,7-12,21-22H2,1-6H3. The van der Waals surface area contributed by atoms with Gasteiger partial charge in [-0.25, -0.2) is 4.79 Å². The van der Waals surface area contributed by atoms with Crippen LogP contribution in [0.1, 0.15) is 54.9 Å². The van der Waals surface area contributed by atoms with Crippen LogP contribution in [0.5, 0.6) is 11.5 Å². The molecule has 0 aliphatic rings. The van der Waals surface area contributed by atoms with Crippen molar-refractivity contribution in [3.8, 4) is 11.5 Å². The highest BCUT2D eigenvalue weighted by atomic mass is 28.4. The first kappa shape index (κ1) is 27.3. The summed E-state index contributed by atoms with van der Waals surface area (Å²) >= 11 is 0. The van der Waals surface area contributed by atoms with Gasteiger partial charge in [0.1, 0.15) is 11.5 Å². The van der Waals surface area contributed by atoms with Crippen LogP contribution in [0.2, 0.25) is 38.8 Å². The van der Waals surface area contributed by atoms with Crippen molar-refractivity contribution in [1.29, 1.82) is 0 Å². The molecule has 0 aliphatic carbocycles. The minimum atomic E-state index is -1.54. The van der Waals surface area contributed by atoms with Crippen LogP contribution in [0, 0.1) is 0 Å². The second kappa shape index (κ2) is 13.1. The van der Waals surface area contributed by atoms with E-state index in [0.717, 1.165) is 25.0 Å². The van der Waals surface area contributed by atoms with Crippen LogP contribution >= 0.6 is 0 Å². The Labute approximate surface area is 202 Å². The molecule has 2 aromatic rings. The number of carbonyl (C=O) groups excluding carboxylic acids is 1. The van der Waals surface area contributed by atoms with Gasteiger partial charge >= 0.3 is 5.97 Å². The molecule has 0 fully saturated rings. The van der Waals surface area contributed by atoms with E-state index in [2.05, 4.69) is 39.7 Å². The number of hydrogen-bond acceptors (Lipinski definition) is 4. The molecule has 4 nitrogen and oxygen atoms in total. The van der Waals surface area contributed by atoms with E-state index < -0.39 is 16.6 Å². The van der Waals surface area contributed by atoms with E-state index in [-0.39, 0.29) is 5.97 Å². The summed E-state index contributed by atoms with van der Waals surface area (Å²) in [6.07, 6.45) is 6.75. The maximum Gasteiger partial charge on any atom is 0.343 e. The number of unbranched alkanes of at least 4 members (excludes halogenated alkanes) is 3. The Morgan fingerprint density at radius 2 is 1.42 bits per heavy atom. The van der Waals surface area contributed by atoms with Crippen molar-refractivity contribution >= 4 is 22.6 Å². The highest BCUT2D eigenvalue weighted by Crippen LogP contribution is 2.22. The Hall–Kier alpha value is -1.90. The van der Waals surface area contributed by atoms with Gasteiger partial charge in [0.2, 0.25) is 0 Å². The summed E-state index contributed by atoms with van der Waals surface area (Å²) < 4.78 is 17.7. The van der Waals surface area contributed by atoms with Gasteiger partial charge in [0.15, 0.2) is 16.6 Å². The molecule has 0 heterocycles. The molecule has 0 radical (unpaired) electrons. The molecular formula is C27H42O4Si2. The molecule has 0 bridgehead atoms. The molecule has 0 aromatic heterocycles. The number of esters is 1. The van der Waals surface area contributed by atoms with Crippen LogP contribution in [0.25, 0.3) is 0 Å². The first-order chi connectivity index (χ1) is 15.6. The van der Waals surface area contributed by atoms with Crippen LogP contribution in [0.3, 0.4) is 0 Å². The van der Waals surface area contributed by atoms with E-state index >= 15 is 0 Å². The third kappa shape index (κ3) is 11.2. The predicted octanol–water partition coefficient (Wildman–Crippen LogP) is 7.85. The van der Waals surface area contributed by atoms with Crippen molar-refractivity contribution in [1.82, 2.24) is 0 Å². The molecule has 182 valence electrons. The van der Waals surface area contributed by atoms with Crippen LogP contribution in [-0.4, -0.2) is 29.2 Å². The molecule has 0 atom stereocenters. The maximum atomic E-state index is 12.4. The second-order valence-electron chi connectivity index (χ2n) is 10.3. The summed E-state index contributed by atoms with van der Waals surface area (Å²) in [5, 5.41) is 0. The summed E-state index contributed by atoms with van der Waals surface area (Å²) in [6, 6.07) is 16.2. The van der Waals surface area contributed by atoms with Gasteiger partial charge in [-0.1, -0.05) is 38.3 Å². The lowest BCUT2D eigenvalue weighted by molar-refractivity contribution is 0.0734. The Kier molecular flexibility index (Phi) is 10.9. The van der Waals surface area contributed by atoms with Crippen molar-refractivity contribution in [3.05, 3.63) is 59.7 Å². The van der Waals surface area contributed by atoms with E-state index in [9.17, 15) is 4.79 Å². The van der Waals surface area contributed by atoms with E-state index in [4.69, 9.17) is 13.6 Å². The van der Waals surface area contributed by atoms with Gasteiger partial charge in [-0.3, -0.25) is 0 Å². The summed E-state index contributed by atoms with van der Waals surface area (Å²) in [7, 11) is -2.99. The van der Waals surface area contributed by atoms with Gasteiger partial charge in [0.25, 0.3) is 0 Å².